The number of allylic oxidation sites excluding steroid dienone is 2. The predicted molar refractivity (Wildman–Crippen MR) is 84.9 cm³/mol. The van der Waals surface area contributed by atoms with E-state index in [4.69, 9.17) is 0 Å². The van der Waals surface area contributed by atoms with Gasteiger partial charge in [-0.25, -0.2) is 4.98 Å². The third-order valence-electron chi connectivity index (χ3n) is 3.48. The second kappa shape index (κ2) is 5.48. The normalized spacial score (nSPS) is 24.4. The molecule has 1 amide bonds. The number of amides is 1. The summed E-state index contributed by atoms with van der Waals surface area (Å²) in [6.07, 6.45) is 5.48. The second-order valence-electron chi connectivity index (χ2n) is 4.75. The number of pyridine rings is 1. The summed E-state index contributed by atoms with van der Waals surface area (Å²) in [4.78, 5) is 16.8. The van der Waals surface area contributed by atoms with Crippen molar-refractivity contribution in [1.82, 2.24) is 4.98 Å². The van der Waals surface area contributed by atoms with Crippen LogP contribution in [0.2, 0.25) is 5.82 Å². The first-order valence-corrected chi connectivity index (χ1v) is 6.80. The summed E-state index contributed by atoms with van der Waals surface area (Å²) in [6.45, 7) is 3.76. The summed E-state index contributed by atoms with van der Waals surface area (Å²) in [6, 6.07) is 5.49. The van der Waals surface area contributed by atoms with Crippen molar-refractivity contribution in [3.63, 3.8) is 0 Å². The quantitative estimate of drug-likeness (QED) is 0.583. The molecule has 0 aliphatic carbocycles. The van der Waals surface area contributed by atoms with Gasteiger partial charge in [-0.05, 0) is 26.0 Å². The number of carbonyl (C=O) groups excluding carboxylic acids is 1. The minimum Gasteiger partial charge on any atom is -0.307 e. The molecule has 3 rings (SSSR count). The Morgan fingerprint density at radius 1 is 1.29 bits per heavy atom. The molecule has 5 nitrogen and oxygen atoms in total. The van der Waals surface area contributed by atoms with Gasteiger partial charge in [0.05, 0.1) is 11.4 Å². The van der Waals surface area contributed by atoms with Crippen molar-refractivity contribution < 1.29 is 4.79 Å². The topological polar surface area (TPSA) is 66.7 Å². The van der Waals surface area contributed by atoms with Gasteiger partial charge < -0.3 is 5.32 Å². The van der Waals surface area contributed by atoms with Crippen LogP contribution in [-0.2, 0) is 4.79 Å². The Morgan fingerprint density at radius 3 is 2.90 bits per heavy atom. The molecule has 0 saturated carbocycles. The van der Waals surface area contributed by atoms with Crippen LogP contribution >= 0.6 is 0 Å². The van der Waals surface area contributed by atoms with Gasteiger partial charge in [-0.3, -0.25) is 4.79 Å². The molecule has 6 heteroatoms. The first-order chi connectivity index (χ1) is 10.2. The zero-order valence-electron chi connectivity index (χ0n) is 11.9. The first kappa shape index (κ1) is 13.5. The molecule has 1 aromatic heterocycles. The molecule has 1 N–H and O–H groups in total. The smallest absolute Gasteiger partial charge is 0.255 e. The lowest BCUT2D eigenvalue weighted by atomic mass is 9.55. The standard InChI is InChI=1S/C15H14BN4O/c1-3-9-10(4-2)16-11-8-17-20-14(11)12-6-5-7-13(18-12)19-15(9)21/h3-8,11H,1-2H3,(H,18,19,21)/b9-3+,10-4+. The Morgan fingerprint density at radius 2 is 2.14 bits per heavy atom. The molecule has 21 heavy (non-hydrogen) atoms. The number of hydrogen-bond acceptors (Lipinski definition) is 4. The molecule has 2 aliphatic heterocycles. The Labute approximate surface area is 123 Å². The van der Waals surface area contributed by atoms with E-state index in [0.717, 1.165) is 16.9 Å². The highest BCUT2D eigenvalue weighted by Gasteiger charge is 2.27. The van der Waals surface area contributed by atoms with Crippen molar-refractivity contribution in [3.8, 4) is 0 Å². The Bertz CT molecular complexity index is 718. The molecular weight excluding hydrogens is 263 g/mol. The van der Waals surface area contributed by atoms with Crippen LogP contribution in [0.4, 0.5) is 5.82 Å². The fourth-order valence-corrected chi connectivity index (χ4v) is 2.44. The van der Waals surface area contributed by atoms with E-state index in [-0.39, 0.29) is 11.7 Å². The lowest BCUT2D eigenvalue weighted by molar-refractivity contribution is -0.112. The monoisotopic (exact) mass is 277 g/mol. The van der Waals surface area contributed by atoms with Crippen LogP contribution in [0.1, 0.15) is 19.5 Å². The fourth-order valence-electron chi connectivity index (χ4n) is 2.44. The van der Waals surface area contributed by atoms with Crippen LogP contribution in [0.15, 0.2) is 51.6 Å². The number of hydrogen-bond donors (Lipinski definition) is 1. The summed E-state index contributed by atoms with van der Waals surface area (Å²) >= 11 is 0. The van der Waals surface area contributed by atoms with Crippen LogP contribution in [0.3, 0.4) is 0 Å². The summed E-state index contributed by atoms with van der Waals surface area (Å²) in [7, 11) is 1.99. The average Bonchev–Trinajstić information content (AvgIpc) is 2.94. The highest BCUT2D eigenvalue weighted by molar-refractivity contribution is 6.61. The number of nitrogens with zero attached hydrogens (tertiary/aromatic N) is 3. The maximum absolute atomic E-state index is 12.4. The van der Waals surface area contributed by atoms with E-state index in [9.17, 15) is 4.79 Å². The number of fused-ring (bicyclic) bond motifs is 4. The minimum absolute atomic E-state index is 0.0696. The average molecular weight is 277 g/mol. The molecule has 2 bridgehead atoms. The summed E-state index contributed by atoms with van der Waals surface area (Å²) in [5, 5.41) is 11.0. The van der Waals surface area contributed by atoms with Gasteiger partial charge in [-0.1, -0.05) is 23.7 Å². The van der Waals surface area contributed by atoms with E-state index in [2.05, 4.69) is 20.5 Å². The molecule has 1 unspecified atom stereocenters. The Balaban J connectivity index is 2.13. The number of aromatic nitrogens is 1. The fraction of sp³-hybridized carbons (Fsp3) is 0.200. The predicted octanol–water partition coefficient (Wildman–Crippen LogP) is 2.17. The number of anilines is 1. The van der Waals surface area contributed by atoms with E-state index < -0.39 is 0 Å². The number of rotatable bonds is 0. The third-order valence-corrected chi connectivity index (χ3v) is 3.48. The Kier molecular flexibility index (Phi) is 3.52. The minimum atomic E-state index is -0.165. The van der Waals surface area contributed by atoms with Gasteiger partial charge in [0.25, 0.3) is 5.91 Å². The molecular formula is C15H14BN4O. The van der Waals surface area contributed by atoms with Gasteiger partial charge in [-0.2, -0.15) is 10.2 Å². The van der Waals surface area contributed by atoms with Gasteiger partial charge >= 0.3 is 0 Å². The molecule has 0 fully saturated rings. The van der Waals surface area contributed by atoms with Crippen molar-refractivity contribution in [2.45, 2.75) is 19.7 Å². The van der Waals surface area contributed by atoms with Crippen molar-refractivity contribution in [3.05, 3.63) is 47.1 Å². The summed E-state index contributed by atoms with van der Waals surface area (Å²) < 4.78 is 0. The second-order valence-corrected chi connectivity index (χ2v) is 4.75. The summed E-state index contributed by atoms with van der Waals surface area (Å²) in [5.41, 5.74) is 3.01. The van der Waals surface area contributed by atoms with Crippen LogP contribution in [0.5, 0.6) is 0 Å². The van der Waals surface area contributed by atoms with Crippen molar-refractivity contribution in [2.75, 3.05) is 5.32 Å². The highest BCUT2D eigenvalue weighted by Crippen LogP contribution is 2.24. The van der Waals surface area contributed by atoms with E-state index in [1.165, 1.54) is 0 Å². The van der Waals surface area contributed by atoms with E-state index >= 15 is 0 Å². The molecule has 103 valence electrons. The van der Waals surface area contributed by atoms with Gasteiger partial charge in [0.1, 0.15) is 5.82 Å². The van der Waals surface area contributed by atoms with E-state index in [1.54, 1.807) is 18.4 Å². The van der Waals surface area contributed by atoms with Gasteiger partial charge in [0.15, 0.2) is 7.28 Å². The first-order valence-electron chi connectivity index (χ1n) is 6.80. The van der Waals surface area contributed by atoms with E-state index in [0.29, 0.717) is 11.4 Å². The van der Waals surface area contributed by atoms with E-state index in [1.807, 2.05) is 39.3 Å². The van der Waals surface area contributed by atoms with Crippen LogP contribution in [-0.4, -0.2) is 30.1 Å². The maximum atomic E-state index is 12.4. The lowest BCUT2D eigenvalue weighted by Crippen LogP contribution is -2.25. The molecule has 0 spiro atoms. The molecule has 1 atom stereocenters. The zero-order valence-corrected chi connectivity index (χ0v) is 11.9. The van der Waals surface area contributed by atoms with Crippen LogP contribution in [0.25, 0.3) is 0 Å². The molecule has 0 saturated heterocycles. The zero-order chi connectivity index (χ0) is 14.8. The van der Waals surface area contributed by atoms with Crippen molar-refractivity contribution in [2.24, 2.45) is 10.2 Å². The van der Waals surface area contributed by atoms with Gasteiger partial charge in [0.2, 0.25) is 0 Å². The highest BCUT2D eigenvalue weighted by atomic mass is 16.1. The SMILES string of the molecule is C/C=C1/[B]C2C=NN=C2c2cccc(n2)NC(=O)/C1=C/C. The number of carbonyl (C=O) groups is 1. The van der Waals surface area contributed by atoms with Gasteiger partial charge in [-0.15, -0.1) is 0 Å². The molecule has 0 aromatic carbocycles. The Hall–Kier alpha value is -2.50. The van der Waals surface area contributed by atoms with Crippen molar-refractivity contribution in [1.29, 1.82) is 0 Å². The van der Waals surface area contributed by atoms with Gasteiger partial charge in [0, 0.05) is 17.6 Å². The molecule has 1 radical (unpaired) electrons. The maximum Gasteiger partial charge on any atom is 0.255 e. The largest absolute Gasteiger partial charge is 0.307 e. The molecule has 2 aliphatic rings. The van der Waals surface area contributed by atoms with Crippen molar-refractivity contribution >= 4 is 30.9 Å². The third kappa shape index (κ3) is 2.44. The number of nitrogens with one attached hydrogen (secondary N) is 1. The lowest BCUT2D eigenvalue weighted by Gasteiger charge is -2.17. The van der Waals surface area contributed by atoms with Crippen LogP contribution < -0.4 is 5.32 Å². The summed E-state index contributed by atoms with van der Waals surface area (Å²) in [5.74, 6) is 0.282. The molecule has 3 heterocycles. The van der Waals surface area contributed by atoms with Crippen LogP contribution in [0, 0.1) is 0 Å². The molecule has 1 aromatic rings.